The summed E-state index contributed by atoms with van der Waals surface area (Å²) in [4.78, 5) is 12.2. The molecule has 108 valence electrons. The summed E-state index contributed by atoms with van der Waals surface area (Å²) in [6.07, 6.45) is 1.65. The second-order valence-electron chi connectivity index (χ2n) is 4.17. The number of halogens is 2. The van der Waals surface area contributed by atoms with Crippen LogP contribution in [0, 0.1) is 0 Å². The number of ether oxygens (including phenoxy) is 1. The highest BCUT2D eigenvalue weighted by atomic mass is 35.5. The van der Waals surface area contributed by atoms with Crippen LogP contribution in [-0.4, -0.2) is 12.5 Å². The number of anilines is 1. The fourth-order valence-corrected chi connectivity index (χ4v) is 2.15. The van der Waals surface area contributed by atoms with E-state index in [9.17, 15) is 4.79 Å². The van der Waals surface area contributed by atoms with Gasteiger partial charge in [0.2, 0.25) is 0 Å². The van der Waals surface area contributed by atoms with Crippen molar-refractivity contribution in [2.45, 2.75) is 0 Å². The topological polar surface area (TPSA) is 38.3 Å². The summed E-state index contributed by atoms with van der Waals surface area (Å²) in [6, 6.07) is 11.8. The monoisotopic (exact) mass is 321 g/mol. The van der Waals surface area contributed by atoms with E-state index in [0.717, 1.165) is 0 Å². The van der Waals surface area contributed by atoms with Gasteiger partial charge in [-0.25, -0.2) is 0 Å². The summed E-state index contributed by atoms with van der Waals surface area (Å²) in [5, 5.41) is 3.48. The molecule has 0 unspecified atom stereocenters. The van der Waals surface area contributed by atoms with Crippen molar-refractivity contribution in [2.24, 2.45) is 0 Å². The molecule has 0 bridgehead atoms. The second kappa shape index (κ2) is 7.16. The van der Waals surface area contributed by atoms with Crippen LogP contribution in [0.4, 0.5) is 5.69 Å². The van der Waals surface area contributed by atoms with Crippen LogP contribution in [0.5, 0.6) is 5.75 Å². The number of hydrogen-bond acceptors (Lipinski definition) is 2. The molecule has 2 aromatic rings. The van der Waals surface area contributed by atoms with Crippen molar-refractivity contribution in [1.82, 2.24) is 0 Å². The SMILES string of the molecule is C=CCOc1ccc(C(=O)Nc2c(Cl)cccc2Cl)cc1. The number of hydrogen-bond donors (Lipinski definition) is 1. The van der Waals surface area contributed by atoms with Gasteiger partial charge in [-0.3, -0.25) is 4.79 Å². The molecule has 1 amide bonds. The maximum absolute atomic E-state index is 12.2. The van der Waals surface area contributed by atoms with Gasteiger partial charge in [0.25, 0.3) is 5.91 Å². The van der Waals surface area contributed by atoms with Gasteiger partial charge in [-0.1, -0.05) is 41.9 Å². The number of carbonyl (C=O) groups excluding carboxylic acids is 1. The van der Waals surface area contributed by atoms with Gasteiger partial charge in [0.1, 0.15) is 12.4 Å². The van der Waals surface area contributed by atoms with Gasteiger partial charge >= 0.3 is 0 Å². The minimum absolute atomic E-state index is 0.291. The molecule has 0 aliphatic carbocycles. The number of benzene rings is 2. The van der Waals surface area contributed by atoms with E-state index in [1.165, 1.54) is 0 Å². The Morgan fingerprint density at radius 2 is 1.76 bits per heavy atom. The Hall–Kier alpha value is -1.97. The number of nitrogens with one attached hydrogen (secondary N) is 1. The van der Waals surface area contributed by atoms with Gasteiger partial charge < -0.3 is 10.1 Å². The Bertz CT molecular complexity index is 634. The predicted octanol–water partition coefficient (Wildman–Crippen LogP) is 4.81. The maximum atomic E-state index is 12.2. The van der Waals surface area contributed by atoms with Gasteiger partial charge in [-0.05, 0) is 36.4 Å². The largest absolute Gasteiger partial charge is 0.490 e. The van der Waals surface area contributed by atoms with E-state index in [1.807, 2.05) is 0 Å². The molecule has 0 fully saturated rings. The van der Waals surface area contributed by atoms with Crippen LogP contribution in [0.25, 0.3) is 0 Å². The lowest BCUT2D eigenvalue weighted by Gasteiger charge is -2.09. The minimum Gasteiger partial charge on any atom is -0.490 e. The molecule has 2 rings (SSSR count). The molecule has 2 aromatic carbocycles. The number of amides is 1. The molecule has 5 heteroatoms. The quantitative estimate of drug-likeness (QED) is 0.802. The van der Waals surface area contributed by atoms with E-state index in [1.54, 1.807) is 48.5 Å². The smallest absolute Gasteiger partial charge is 0.255 e. The van der Waals surface area contributed by atoms with Gasteiger partial charge in [0.05, 0.1) is 15.7 Å². The predicted molar refractivity (Wildman–Crippen MR) is 86.5 cm³/mol. The Kier molecular flexibility index (Phi) is 5.26. The third-order valence-corrected chi connectivity index (χ3v) is 3.32. The lowest BCUT2D eigenvalue weighted by Crippen LogP contribution is -2.12. The summed E-state index contributed by atoms with van der Waals surface area (Å²) in [7, 11) is 0. The third kappa shape index (κ3) is 4.00. The molecule has 0 aliphatic rings. The van der Waals surface area contributed by atoms with Crippen molar-refractivity contribution < 1.29 is 9.53 Å². The molecule has 0 aromatic heterocycles. The Morgan fingerprint density at radius 3 is 2.33 bits per heavy atom. The Balaban J connectivity index is 2.11. The summed E-state index contributed by atoms with van der Waals surface area (Å²) in [5.74, 6) is 0.377. The average Bonchev–Trinajstić information content (AvgIpc) is 2.49. The van der Waals surface area contributed by atoms with Crippen LogP contribution in [0.2, 0.25) is 10.0 Å². The fourth-order valence-electron chi connectivity index (χ4n) is 1.66. The van der Waals surface area contributed by atoms with Crippen LogP contribution in [0.1, 0.15) is 10.4 Å². The van der Waals surface area contributed by atoms with Crippen molar-refractivity contribution in [3.63, 3.8) is 0 Å². The van der Waals surface area contributed by atoms with Crippen LogP contribution in [0.3, 0.4) is 0 Å². The molecule has 0 radical (unpaired) electrons. The molecular formula is C16H13Cl2NO2. The molecule has 0 spiro atoms. The molecule has 0 heterocycles. The Labute approximate surface area is 133 Å². The van der Waals surface area contributed by atoms with Gasteiger partial charge in [-0.2, -0.15) is 0 Å². The van der Waals surface area contributed by atoms with E-state index in [4.69, 9.17) is 27.9 Å². The number of carbonyl (C=O) groups is 1. The minimum atomic E-state index is -0.291. The second-order valence-corrected chi connectivity index (χ2v) is 4.99. The number of para-hydroxylation sites is 1. The van der Waals surface area contributed by atoms with Crippen LogP contribution in [0.15, 0.2) is 55.1 Å². The van der Waals surface area contributed by atoms with E-state index < -0.39 is 0 Å². The molecular weight excluding hydrogens is 309 g/mol. The van der Waals surface area contributed by atoms with E-state index in [-0.39, 0.29) is 5.91 Å². The zero-order valence-corrected chi connectivity index (χ0v) is 12.6. The van der Waals surface area contributed by atoms with E-state index >= 15 is 0 Å². The standard InChI is InChI=1S/C16H13Cl2NO2/c1-2-10-21-12-8-6-11(7-9-12)16(20)19-15-13(17)4-3-5-14(15)18/h2-9H,1,10H2,(H,19,20). The van der Waals surface area contributed by atoms with E-state index in [2.05, 4.69) is 11.9 Å². The first kappa shape index (κ1) is 15.4. The maximum Gasteiger partial charge on any atom is 0.255 e. The first-order chi connectivity index (χ1) is 10.1. The van der Waals surface area contributed by atoms with Crippen LogP contribution in [-0.2, 0) is 0 Å². The first-order valence-corrected chi connectivity index (χ1v) is 6.96. The van der Waals surface area contributed by atoms with Crippen LogP contribution >= 0.6 is 23.2 Å². The Morgan fingerprint density at radius 1 is 1.14 bits per heavy atom. The zero-order chi connectivity index (χ0) is 15.2. The lowest BCUT2D eigenvalue weighted by molar-refractivity contribution is 0.102. The molecule has 0 saturated heterocycles. The van der Waals surface area contributed by atoms with Crippen molar-refractivity contribution in [1.29, 1.82) is 0 Å². The average molecular weight is 322 g/mol. The van der Waals surface area contributed by atoms with Gasteiger partial charge in [0, 0.05) is 5.56 Å². The summed E-state index contributed by atoms with van der Waals surface area (Å²) < 4.78 is 5.35. The summed E-state index contributed by atoms with van der Waals surface area (Å²) >= 11 is 12.0. The molecule has 0 atom stereocenters. The molecule has 0 saturated carbocycles. The molecule has 3 nitrogen and oxygen atoms in total. The van der Waals surface area contributed by atoms with Crippen molar-refractivity contribution in [2.75, 3.05) is 11.9 Å². The van der Waals surface area contributed by atoms with Crippen molar-refractivity contribution >= 4 is 34.8 Å². The summed E-state index contributed by atoms with van der Waals surface area (Å²) in [6.45, 7) is 3.99. The van der Waals surface area contributed by atoms with Crippen molar-refractivity contribution in [3.8, 4) is 5.75 Å². The first-order valence-electron chi connectivity index (χ1n) is 6.21. The molecule has 0 aliphatic heterocycles. The highest BCUT2D eigenvalue weighted by molar-refractivity contribution is 6.40. The molecule has 1 N–H and O–H groups in total. The zero-order valence-electron chi connectivity index (χ0n) is 11.1. The van der Waals surface area contributed by atoms with Crippen molar-refractivity contribution in [3.05, 3.63) is 70.7 Å². The lowest BCUT2D eigenvalue weighted by atomic mass is 10.2. The van der Waals surface area contributed by atoms with E-state index in [0.29, 0.717) is 33.7 Å². The highest BCUT2D eigenvalue weighted by Gasteiger charge is 2.11. The summed E-state index contributed by atoms with van der Waals surface area (Å²) in [5.41, 5.74) is 0.884. The fraction of sp³-hybridized carbons (Fsp3) is 0.0625. The van der Waals surface area contributed by atoms with Gasteiger partial charge in [-0.15, -0.1) is 0 Å². The highest BCUT2D eigenvalue weighted by Crippen LogP contribution is 2.30. The number of rotatable bonds is 5. The normalized spacial score (nSPS) is 10.0. The third-order valence-electron chi connectivity index (χ3n) is 2.69. The molecule has 21 heavy (non-hydrogen) atoms. The van der Waals surface area contributed by atoms with Crippen LogP contribution < -0.4 is 10.1 Å². The van der Waals surface area contributed by atoms with Gasteiger partial charge in [0.15, 0.2) is 0 Å².